The molecule has 6 heteroatoms. The van der Waals surface area contributed by atoms with Gasteiger partial charge in [0.2, 0.25) is 0 Å². The van der Waals surface area contributed by atoms with Crippen LogP contribution < -0.4 is 5.73 Å². The standard InChI is InChI=1S/C12H14FN3O2/c1-15-7-11(17)16(12(15)18)6-9-3-2-8(5-14)4-10(9)13/h2-4H,5-7,14H2,1H3. The normalized spacial score (nSPS) is 15.7. The van der Waals surface area contributed by atoms with Gasteiger partial charge >= 0.3 is 6.03 Å². The van der Waals surface area contributed by atoms with Crippen molar-refractivity contribution in [2.24, 2.45) is 5.73 Å². The Morgan fingerprint density at radius 3 is 2.61 bits per heavy atom. The van der Waals surface area contributed by atoms with E-state index in [9.17, 15) is 14.0 Å². The molecule has 0 aromatic heterocycles. The summed E-state index contributed by atoms with van der Waals surface area (Å²) in [7, 11) is 1.54. The van der Waals surface area contributed by atoms with Gasteiger partial charge in [-0.2, -0.15) is 0 Å². The Hall–Kier alpha value is -1.95. The molecule has 1 aromatic rings. The van der Waals surface area contributed by atoms with Crippen molar-refractivity contribution in [1.29, 1.82) is 0 Å². The molecule has 1 fully saturated rings. The molecule has 3 amide bonds. The summed E-state index contributed by atoms with van der Waals surface area (Å²) in [6.45, 7) is 0.252. The minimum Gasteiger partial charge on any atom is -0.326 e. The molecule has 1 heterocycles. The number of nitrogens with two attached hydrogens (primary N) is 1. The Labute approximate surface area is 104 Å². The summed E-state index contributed by atoms with van der Waals surface area (Å²) in [6, 6.07) is 4.16. The topological polar surface area (TPSA) is 66.6 Å². The van der Waals surface area contributed by atoms with Gasteiger partial charge in [-0.3, -0.25) is 9.69 Å². The van der Waals surface area contributed by atoms with E-state index in [1.54, 1.807) is 12.1 Å². The molecule has 0 atom stereocenters. The van der Waals surface area contributed by atoms with E-state index in [-0.39, 0.29) is 25.5 Å². The van der Waals surface area contributed by atoms with E-state index in [1.165, 1.54) is 18.0 Å². The number of nitrogens with zero attached hydrogens (tertiary/aromatic N) is 2. The third-order valence-corrected chi connectivity index (χ3v) is 2.91. The maximum Gasteiger partial charge on any atom is 0.327 e. The molecular formula is C12H14FN3O2. The average Bonchev–Trinajstić information content (AvgIpc) is 2.58. The Morgan fingerprint density at radius 2 is 2.11 bits per heavy atom. The summed E-state index contributed by atoms with van der Waals surface area (Å²) >= 11 is 0. The zero-order valence-electron chi connectivity index (χ0n) is 10.0. The highest BCUT2D eigenvalue weighted by molar-refractivity contribution is 6.01. The van der Waals surface area contributed by atoms with E-state index in [2.05, 4.69) is 0 Å². The number of hydrogen-bond donors (Lipinski definition) is 1. The fourth-order valence-electron chi connectivity index (χ4n) is 1.84. The molecule has 0 bridgehead atoms. The summed E-state index contributed by atoms with van der Waals surface area (Å²) in [5.74, 6) is -0.766. The monoisotopic (exact) mass is 251 g/mol. The van der Waals surface area contributed by atoms with Crippen molar-refractivity contribution in [3.05, 3.63) is 35.1 Å². The number of hydrogen-bond acceptors (Lipinski definition) is 3. The molecule has 1 aliphatic heterocycles. The van der Waals surface area contributed by atoms with E-state index in [0.717, 1.165) is 4.90 Å². The Balaban J connectivity index is 2.19. The largest absolute Gasteiger partial charge is 0.327 e. The van der Waals surface area contributed by atoms with Crippen molar-refractivity contribution >= 4 is 11.9 Å². The van der Waals surface area contributed by atoms with Crippen molar-refractivity contribution in [2.45, 2.75) is 13.1 Å². The molecule has 5 nitrogen and oxygen atoms in total. The van der Waals surface area contributed by atoms with Crippen LogP contribution in [0.25, 0.3) is 0 Å². The van der Waals surface area contributed by atoms with Gasteiger partial charge in [0.25, 0.3) is 5.91 Å². The van der Waals surface area contributed by atoms with Crippen LogP contribution in [-0.2, 0) is 17.9 Å². The number of carbonyl (C=O) groups is 2. The van der Waals surface area contributed by atoms with Crippen molar-refractivity contribution in [1.82, 2.24) is 9.80 Å². The molecule has 0 saturated carbocycles. The molecule has 18 heavy (non-hydrogen) atoms. The van der Waals surface area contributed by atoms with Crippen molar-refractivity contribution in [2.75, 3.05) is 13.6 Å². The van der Waals surface area contributed by atoms with Gasteiger partial charge in [0.05, 0.1) is 6.54 Å². The highest BCUT2D eigenvalue weighted by atomic mass is 19.1. The first-order valence-electron chi connectivity index (χ1n) is 5.55. The average molecular weight is 251 g/mol. The van der Waals surface area contributed by atoms with Crippen LogP contribution in [0.4, 0.5) is 9.18 Å². The van der Waals surface area contributed by atoms with E-state index < -0.39 is 11.8 Å². The fraction of sp³-hybridized carbons (Fsp3) is 0.333. The Kier molecular flexibility index (Phi) is 3.29. The maximum atomic E-state index is 13.7. The molecule has 0 unspecified atom stereocenters. The molecule has 96 valence electrons. The summed E-state index contributed by atoms with van der Waals surface area (Å²) in [6.07, 6.45) is 0. The molecule has 2 rings (SSSR count). The number of likely N-dealkylation sites (N-methyl/N-ethyl adjacent to an activating group) is 1. The number of amides is 3. The lowest BCUT2D eigenvalue weighted by Gasteiger charge is -2.14. The van der Waals surface area contributed by atoms with Crippen LogP contribution in [0.5, 0.6) is 0 Å². The first kappa shape index (κ1) is 12.5. The zero-order valence-corrected chi connectivity index (χ0v) is 10.0. The molecule has 0 aliphatic carbocycles. The molecular weight excluding hydrogens is 237 g/mol. The van der Waals surface area contributed by atoms with Gasteiger partial charge in [-0.15, -0.1) is 0 Å². The fourth-order valence-corrected chi connectivity index (χ4v) is 1.84. The first-order valence-corrected chi connectivity index (χ1v) is 5.55. The maximum absolute atomic E-state index is 13.7. The van der Waals surface area contributed by atoms with E-state index in [1.807, 2.05) is 0 Å². The smallest absolute Gasteiger partial charge is 0.326 e. The third kappa shape index (κ3) is 2.19. The highest BCUT2D eigenvalue weighted by Gasteiger charge is 2.33. The second kappa shape index (κ2) is 4.73. The lowest BCUT2D eigenvalue weighted by molar-refractivity contribution is -0.125. The van der Waals surface area contributed by atoms with Crippen LogP contribution in [0.1, 0.15) is 11.1 Å². The number of benzene rings is 1. The van der Waals surface area contributed by atoms with Crippen molar-refractivity contribution < 1.29 is 14.0 Å². The number of imide groups is 1. The van der Waals surface area contributed by atoms with E-state index in [4.69, 9.17) is 5.73 Å². The zero-order chi connectivity index (χ0) is 13.3. The van der Waals surface area contributed by atoms with Crippen molar-refractivity contribution in [3.8, 4) is 0 Å². The molecule has 0 spiro atoms. The first-order chi connectivity index (χ1) is 8.52. The Morgan fingerprint density at radius 1 is 1.39 bits per heavy atom. The molecule has 1 aliphatic rings. The van der Waals surface area contributed by atoms with Gasteiger partial charge in [-0.05, 0) is 11.6 Å². The molecule has 0 radical (unpaired) electrons. The van der Waals surface area contributed by atoms with Crippen LogP contribution in [-0.4, -0.2) is 35.3 Å². The van der Waals surface area contributed by atoms with Gasteiger partial charge < -0.3 is 10.6 Å². The highest BCUT2D eigenvalue weighted by Crippen LogP contribution is 2.16. The van der Waals surface area contributed by atoms with Crippen LogP contribution >= 0.6 is 0 Å². The van der Waals surface area contributed by atoms with Crippen LogP contribution in [0.2, 0.25) is 0 Å². The lowest BCUT2D eigenvalue weighted by Crippen LogP contribution is -2.31. The van der Waals surface area contributed by atoms with Gasteiger partial charge in [0, 0.05) is 19.2 Å². The number of carbonyl (C=O) groups excluding carboxylic acids is 2. The van der Waals surface area contributed by atoms with E-state index in [0.29, 0.717) is 11.1 Å². The molecule has 1 aromatic carbocycles. The van der Waals surface area contributed by atoms with Crippen molar-refractivity contribution in [3.63, 3.8) is 0 Å². The SMILES string of the molecule is CN1CC(=O)N(Cc2ccc(CN)cc2F)C1=O. The second-order valence-corrected chi connectivity index (χ2v) is 4.25. The predicted molar refractivity (Wildman–Crippen MR) is 62.9 cm³/mol. The van der Waals surface area contributed by atoms with Gasteiger partial charge in [0.1, 0.15) is 12.4 Å². The summed E-state index contributed by atoms with van der Waals surface area (Å²) in [5, 5.41) is 0. The minimum atomic E-state index is -0.451. The molecule has 1 saturated heterocycles. The second-order valence-electron chi connectivity index (χ2n) is 4.25. The number of urea groups is 1. The van der Waals surface area contributed by atoms with Gasteiger partial charge in [0.15, 0.2) is 0 Å². The van der Waals surface area contributed by atoms with E-state index >= 15 is 0 Å². The van der Waals surface area contributed by atoms with Gasteiger partial charge in [-0.25, -0.2) is 9.18 Å². The van der Waals surface area contributed by atoms with Gasteiger partial charge in [-0.1, -0.05) is 12.1 Å². The molecule has 2 N–H and O–H groups in total. The predicted octanol–water partition coefficient (Wildman–Crippen LogP) is 0.678. The van der Waals surface area contributed by atoms with Crippen LogP contribution in [0.3, 0.4) is 0 Å². The van der Waals surface area contributed by atoms with Crippen LogP contribution in [0, 0.1) is 5.82 Å². The number of rotatable bonds is 3. The minimum absolute atomic E-state index is 0.0430. The number of halogens is 1. The van der Waals surface area contributed by atoms with Crippen LogP contribution in [0.15, 0.2) is 18.2 Å². The third-order valence-electron chi connectivity index (χ3n) is 2.91. The summed E-state index contributed by atoms with van der Waals surface area (Å²) in [5.41, 5.74) is 6.39. The Bertz CT molecular complexity index is 504. The summed E-state index contributed by atoms with van der Waals surface area (Å²) in [4.78, 5) is 25.5. The summed E-state index contributed by atoms with van der Waals surface area (Å²) < 4.78 is 13.7. The lowest BCUT2D eigenvalue weighted by atomic mass is 10.1. The quantitative estimate of drug-likeness (QED) is 0.803.